The van der Waals surface area contributed by atoms with Crippen molar-refractivity contribution in [3.8, 4) is 0 Å². The fraction of sp³-hybridized carbons (Fsp3) is 0.312. The van der Waals surface area contributed by atoms with Crippen LogP contribution in [0.5, 0.6) is 0 Å². The second kappa shape index (κ2) is 6.20. The highest BCUT2D eigenvalue weighted by Gasteiger charge is 2.37. The lowest BCUT2D eigenvalue weighted by Crippen LogP contribution is -2.44. The van der Waals surface area contributed by atoms with Crippen molar-refractivity contribution < 1.29 is 14.2 Å². The van der Waals surface area contributed by atoms with Crippen LogP contribution in [-0.2, 0) is 4.74 Å². The zero-order chi connectivity index (χ0) is 15.5. The summed E-state index contributed by atoms with van der Waals surface area (Å²) >= 11 is 0. The first-order chi connectivity index (χ1) is 9.98. The van der Waals surface area contributed by atoms with Crippen LogP contribution >= 0.6 is 0 Å². The van der Waals surface area contributed by atoms with E-state index in [0.717, 1.165) is 6.20 Å². The summed E-state index contributed by atoms with van der Waals surface area (Å²) in [6.07, 6.45) is 3.53. The van der Waals surface area contributed by atoms with Gasteiger partial charge < -0.3 is 9.84 Å². The molecular formula is C16H19FN2O2. The Morgan fingerprint density at radius 2 is 2.05 bits per heavy atom. The van der Waals surface area contributed by atoms with E-state index in [2.05, 4.69) is 24.7 Å². The first kappa shape index (κ1) is 15.4. The van der Waals surface area contributed by atoms with Crippen molar-refractivity contribution >= 4 is 5.82 Å². The van der Waals surface area contributed by atoms with Gasteiger partial charge in [-0.3, -0.25) is 4.90 Å². The average molecular weight is 290 g/mol. The minimum atomic E-state index is -1.10. The zero-order valence-electron chi connectivity index (χ0n) is 11.9. The molecule has 1 aliphatic heterocycles. The van der Waals surface area contributed by atoms with E-state index in [9.17, 15) is 9.50 Å². The van der Waals surface area contributed by atoms with Gasteiger partial charge in [0.2, 0.25) is 0 Å². The SMILES string of the molecule is C=CC(=C)N(C(=C)C1(O)CCOCC1)c1ccc(F)cn1. The molecule has 0 spiro atoms. The van der Waals surface area contributed by atoms with Crippen LogP contribution in [0.25, 0.3) is 0 Å². The van der Waals surface area contributed by atoms with Crippen molar-refractivity contribution in [2.24, 2.45) is 0 Å². The molecule has 1 fully saturated rings. The van der Waals surface area contributed by atoms with E-state index in [4.69, 9.17) is 4.74 Å². The van der Waals surface area contributed by atoms with Crippen molar-refractivity contribution in [3.63, 3.8) is 0 Å². The number of hydrogen-bond donors (Lipinski definition) is 1. The summed E-state index contributed by atoms with van der Waals surface area (Å²) in [5.74, 6) is 0.00419. The van der Waals surface area contributed by atoms with E-state index in [1.165, 1.54) is 12.1 Å². The first-order valence-electron chi connectivity index (χ1n) is 6.70. The number of pyridine rings is 1. The summed E-state index contributed by atoms with van der Waals surface area (Å²) in [6.45, 7) is 12.5. The standard InChI is InChI=1S/C16H19FN2O2/c1-4-12(2)19(15-6-5-14(17)11-18-15)13(3)16(20)7-9-21-10-8-16/h4-6,11,20H,1-3,7-10H2. The van der Waals surface area contributed by atoms with Gasteiger partial charge in [0.1, 0.15) is 17.2 Å². The molecule has 0 amide bonds. The number of allylic oxidation sites excluding steroid dienone is 1. The lowest BCUT2D eigenvalue weighted by molar-refractivity contribution is -0.0400. The van der Waals surface area contributed by atoms with E-state index in [1.807, 2.05) is 0 Å². The van der Waals surface area contributed by atoms with Gasteiger partial charge in [0.25, 0.3) is 0 Å². The maximum absolute atomic E-state index is 13.1. The fourth-order valence-corrected chi connectivity index (χ4v) is 2.26. The van der Waals surface area contributed by atoms with Gasteiger partial charge in [-0.05, 0) is 18.2 Å². The monoisotopic (exact) mass is 290 g/mol. The fourth-order valence-electron chi connectivity index (χ4n) is 2.26. The quantitative estimate of drug-likeness (QED) is 0.847. The maximum atomic E-state index is 13.1. The Labute approximate surface area is 123 Å². The van der Waals surface area contributed by atoms with Crippen molar-refractivity contribution in [2.75, 3.05) is 18.1 Å². The van der Waals surface area contributed by atoms with E-state index >= 15 is 0 Å². The molecule has 0 radical (unpaired) electrons. The van der Waals surface area contributed by atoms with Gasteiger partial charge in [-0.1, -0.05) is 19.7 Å². The molecule has 0 aliphatic carbocycles. The molecule has 2 heterocycles. The maximum Gasteiger partial charge on any atom is 0.141 e. The molecule has 112 valence electrons. The summed E-state index contributed by atoms with van der Waals surface area (Å²) in [5, 5.41) is 10.8. The number of rotatable bonds is 5. The minimum Gasteiger partial charge on any atom is -0.383 e. The summed E-state index contributed by atoms with van der Waals surface area (Å²) < 4.78 is 18.3. The number of halogens is 1. The smallest absolute Gasteiger partial charge is 0.141 e. The highest BCUT2D eigenvalue weighted by molar-refractivity contribution is 5.56. The van der Waals surface area contributed by atoms with E-state index in [1.54, 1.807) is 11.0 Å². The molecule has 4 nitrogen and oxygen atoms in total. The molecule has 0 saturated carbocycles. The number of aliphatic hydroxyl groups is 1. The molecule has 1 aromatic heterocycles. The number of ether oxygens (including phenoxy) is 1. The third-order valence-electron chi connectivity index (χ3n) is 3.59. The molecule has 1 aliphatic rings. The molecule has 1 aromatic rings. The summed E-state index contributed by atoms with van der Waals surface area (Å²) in [6, 6.07) is 2.81. The molecule has 2 rings (SSSR count). The lowest BCUT2D eigenvalue weighted by Gasteiger charge is -2.39. The normalized spacial score (nSPS) is 17.0. The van der Waals surface area contributed by atoms with Gasteiger partial charge in [-0.25, -0.2) is 9.37 Å². The van der Waals surface area contributed by atoms with Gasteiger partial charge in [0, 0.05) is 37.4 Å². The van der Waals surface area contributed by atoms with Crippen LogP contribution in [0.1, 0.15) is 12.8 Å². The van der Waals surface area contributed by atoms with Crippen LogP contribution in [0.2, 0.25) is 0 Å². The van der Waals surface area contributed by atoms with Crippen LogP contribution < -0.4 is 4.90 Å². The molecule has 0 bridgehead atoms. The van der Waals surface area contributed by atoms with Gasteiger partial charge in [0.15, 0.2) is 0 Å². The van der Waals surface area contributed by atoms with Crippen LogP contribution in [0.3, 0.4) is 0 Å². The Balaban J connectivity index is 2.35. The Hall–Kier alpha value is -1.98. The number of anilines is 1. The predicted octanol–water partition coefficient (Wildman–Crippen LogP) is 2.78. The largest absolute Gasteiger partial charge is 0.383 e. The summed E-state index contributed by atoms with van der Waals surface area (Å²) in [5.41, 5.74) is -0.144. The Kier molecular flexibility index (Phi) is 4.55. The van der Waals surface area contributed by atoms with Crippen LogP contribution in [0.15, 0.2) is 55.5 Å². The Morgan fingerprint density at radius 1 is 1.38 bits per heavy atom. The highest BCUT2D eigenvalue weighted by atomic mass is 19.1. The molecule has 1 saturated heterocycles. The van der Waals surface area contributed by atoms with E-state index in [-0.39, 0.29) is 0 Å². The first-order valence-corrected chi connectivity index (χ1v) is 6.70. The predicted molar refractivity (Wildman–Crippen MR) is 80.2 cm³/mol. The summed E-state index contributed by atoms with van der Waals surface area (Å²) in [7, 11) is 0. The number of nitrogens with zero attached hydrogens (tertiary/aromatic N) is 2. The second-order valence-corrected chi connectivity index (χ2v) is 4.96. The minimum absolute atomic E-state index is 0.432. The molecule has 0 unspecified atom stereocenters. The van der Waals surface area contributed by atoms with Crippen LogP contribution in [0, 0.1) is 5.82 Å². The highest BCUT2D eigenvalue weighted by Crippen LogP contribution is 2.34. The molecule has 1 N–H and O–H groups in total. The topological polar surface area (TPSA) is 45.6 Å². The number of aromatic nitrogens is 1. The van der Waals surface area contributed by atoms with Gasteiger partial charge in [-0.15, -0.1) is 0 Å². The second-order valence-electron chi connectivity index (χ2n) is 4.96. The van der Waals surface area contributed by atoms with E-state index < -0.39 is 11.4 Å². The number of hydrogen-bond acceptors (Lipinski definition) is 4. The Morgan fingerprint density at radius 3 is 2.57 bits per heavy atom. The lowest BCUT2D eigenvalue weighted by atomic mass is 9.90. The van der Waals surface area contributed by atoms with Gasteiger partial charge in [-0.2, -0.15) is 0 Å². The third-order valence-corrected chi connectivity index (χ3v) is 3.59. The molecule has 5 heteroatoms. The summed E-state index contributed by atoms with van der Waals surface area (Å²) in [4.78, 5) is 5.63. The van der Waals surface area contributed by atoms with Crippen molar-refractivity contribution in [1.82, 2.24) is 4.98 Å². The Bertz CT molecular complexity index is 548. The van der Waals surface area contributed by atoms with E-state index in [0.29, 0.717) is 43.3 Å². The van der Waals surface area contributed by atoms with Gasteiger partial charge in [0.05, 0.1) is 6.20 Å². The molecule has 0 atom stereocenters. The van der Waals surface area contributed by atoms with Crippen molar-refractivity contribution in [1.29, 1.82) is 0 Å². The van der Waals surface area contributed by atoms with Crippen LogP contribution in [-0.4, -0.2) is 28.9 Å². The average Bonchev–Trinajstić information content (AvgIpc) is 2.50. The van der Waals surface area contributed by atoms with Crippen LogP contribution in [0.4, 0.5) is 10.2 Å². The van der Waals surface area contributed by atoms with Crippen molar-refractivity contribution in [3.05, 3.63) is 61.4 Å². The van der Waals surface area contributed by atoms with Crippen molar-refractivity contribution in [2.45, 2.75) is 18.4 Å². The molecule has 21 heavy (non-hydrogen) atoms. The van der Waals surface area contributed by atoms with Gasteiger partial charge >= 0.3 is 0 Å². The third kappa shape index (κ3) is 3.20. The zero-order valence-corrected chi connectivity index (χ0v) is 11.9. The molecular weight excluding hydrogens is 271 g/mol. The molecule has 0 aromatic carbocycles.